The fourth-order valence-electron chi connectivity index (χ4n) is 4.10. The van der Waals surface area contributed by atoms with Gasteiger partial charge in [0.1, 0.15) is 18.2 Å². The van der Waals surface area contributed by atoms with Crippen LogP contribution in [0.15, 0.2) is 91.0 Å². The molecule has 0 aliphatic heterocycles. The van der Waals surface area contributed by atoms with Gasteiger partial charge in [0.2, 0.25) is 0 Å². The maximum absolute atomic E-state index is 10.9. The second-order valence-corrected chi connectivity index (χ2v) is 8.05. The van der Waals surface area contributed by atoms with Gasteiger partial charge in [0, 0.05) is 18.1 Å². The van der Waals surface area contributed by atoms with Crippen LogP contribution in [0.2, 0.25) is 0 Å². The summed E-state index contributed by atoms with van der Waals surface area (Å²) in [5.41, 5.74) is 4.01. The zero-order valence-corrected chi connectivity index (χ0v) is 21.1. The number of para-hydroxylation sites is 2. The van der Waals surface area contributed by atoms with Crippen LogP contribution in [0.25, 0.3) is 33.2 Å². The van der Waals surface area contributed by atoms with Gasteiger partial charge in [0.25, 0.3) is 0 Å². The van der Waals surface area contributed by atoms with Crippen molar-refractivity contribution < 1.29 is 44.2 Å². The number of carbonyl (C=O) groups excluding carboxylic acids is 1. The van der Waals surface area contributed by atoms with E-state index in [0.29, 0.717) is 19.6 Å². The minimum atomic E-state index is -1.03. The Morgan fingerprint density at radius 3 is 2.44 bits per heavy atom. The van der Waals surface area contributed by atoms with Gasteiger partial charge in [-0.05, 0) is 59.5 Å². The number of aromatic nitrogens is 2. The first-order chi connectivity index (χ1) is 16.2. The topological polar surface area (TPSA) is 67.2 Å². The number of carboxylic acid groups (broad SMARTS) is 1. The fourth-order valence-corrected chi connectivity index (χ4v) is 4.10. The summed E-state index contributed by atoms with van der Waals surface area (Å²) in [6.07, 6.45) is 0.515. The molecule has 1 aromatic heterocycles. The standard InChI is InChI=1S/C28H24N2O3.Na/c31-27(32)11-6-16-30-26-10-5-4-9-25(26)29-28(30)23-13-12-22-18-24(15-14-21(22)17-23)33-19-20-7-2-1-3-8-20;/h1-5,7-10,12-15,17-18H,6,11,16,19H2,(H,31,32);/q;+1/p-1. The molecule has 0 N–H and O–H groups in total. The zero-order valence-electron chi connectivity index (χ0n) is 19.1. The SMILES string of the molecule is O=C([O-])CCCn1c(-c2ccc3cc(OCc4ccccc4)ccc3c2)nc2ccccc21.[Na+]. The summed E-state index contributed by atoms with van der Waals surface area (Å²) in [6, 6.07) is 30.4. The Bertz CT molecular complexity index is 1430. The zero-order chi connectivity index (χ0) is 22.6. The number of aryl methyl sites for hydroxylation is 1. The second kappa shape index (κ2) is 10.9. The Balaban J connectivity index is 0.00000274. The molecule has 0 aliphatic carbocycles. The predicted molar refractivity (Wildman–Crippen MR) is 128 cm³/mol. The minimum absolute atomic E-state index is 0. The summed E-state index contributed by atoms with van der Waals surface area (Å²) in [4.78, 5) is 15.7. The van der Waals surface area contributed by atoms with Crippen LogP contribution in [-0.4, -0.2) is 15.5 Å². The van der Waals surface area contributed by atoms with Crippen LogP contribution in [0.3, 0.4) is 0 Å². The Labute approximate surface area is 220 Å². The summed E-state index contributed by atoms with van der Waals surface area (Å²) < 4.78 is 8.06. The number of imidazole rings is 1. The minimum Gasteiger partial charge on any atom is -0.550 e. The molecule has 1 heterocycles. The molecule has 5 rings (SSSR count). The Kier molecular flexibility index (Phi) is 7.68. The fraction of sp³-hybridized carbons (Fsp3) is 0.143. The summed E-state index contributed by atoms with van der Waals surface area (Å²) in [5.74, 6) is 0.631. The van der Waals surface area contributed by atoms with E-state index < -0.39 is 5.97 Å². The first kappa shape index (κ1) is 24.0. The van der Waals surface area contributed by atoms with Crippen molar-refractivity contribution in [3.63, 3.8) is 0 Å². The number of ether oxygens (including phenoxy) is 1. The number of hydrogen-bond acceptors (Lipinski definition) is 4. The van der Waals surface area contributed by atoms with Gasteiger partial charge in [-0.25, -0.2) is 4.98 Å². The normalized spacial score (nSPS) is 10.8. The molecule has 5 aromatic rings. The number of carboxylic acids is 1. The van der Waals surface area contributed by atoms with Crippen LogP contribution in [0.1, 0.15) is 18.4 Å². The van der Waals surface area contributed by atoms with Crippen molar-refractivity contribution in [2.75, 3.05) is 0 Å². The quantitative estimate of drug-likeness (QED) is 0.334. The molecule has 0 aliphatic rings. The summed E-state index contributed by atoms with van der Waals surface area (Å²) in [6.45, 7) is 1.09. The molecule has 0 spiro atoms. The molecule has 0 saturated carbocycles. The van der Waals surface area contributed by atoms with Gasteiger partial charge in [-0.3, -0.25) is 0 Å². The molecule has 34 heavy (non-hydrogen) atoms. The van der Waals surface area contributed by atoms with E-state index in [2.05, 4.69) is 28.8 Å². The van der Waals surface area contributed by atoms with Crippen molar-refractivity contribution in [1.29, 1.82) is 0 Å². The molecule has 0 saturated heterocycles. The van der Waals surface area contributed by atoms with E-state index in [1.807, 2.05) is 66.7 Å². The third-order valence-electron chi connectivity index (χ3n) is 5.74. The first-order valence-electron chi connectivity index (χ1n) is 11.0. The number of fused-ring (bicyclic) bond motifs is 2. The van der Waals surface area contributed by atoms with E-state index in [0.717, 1.165) is 44.5 Å². The van der Waals surface area contributed by atoms with Crippen molar-refractivity contribution in [3.8, 4) is 17.1 Å². The molecule has 0 atom stereocenters. The number of aliphatic carboxylic acids is 1. The van der Waals surface area contributed by atoms with E-state index in [1.54, 1.807) is 0 Å². The van der Waals surface area contributed by atoms with Gasteiger partial charge >= 0.3 is 29.6 Å². The maximum Gasteiger partial charge on any atom is 1.00 e. The third-order valence-corrected chi connectivity index (χ3v) is 5.74. The van der Waals surface area contributed by atoms with Crippen molar-refractivity contribution >= 4 is 27.8 Å². The number of carbonyl (C=O) groups is 1. The molecule has 4 aromatic carbocycles. The van der Waals surface area contributed by atoms with Crippen LogP contribution in [0, 0.1) is 0 Å². The van der Waals surface area contributed by atoms with Crippen LogP contribution >= 0.6 is 0 Å². The van der Waals surface area contributed by atoms with Crippen LogP contribution in [0.5, 0.6) is 5.75 Å². The van der Waals surface area contributed by atoms with Crippen molar-refractivity contribution in [1.82, 2.24) is 9.55 Å². The van der Waals surface area contributed by atoms with E-state index in [4.69, 9.17) is 9.72 Å². The molecular formula is C28H23N2NaO3. The van der Waals surface area contributed by atoms with Gasteiger partial charge in [0.15, 0.2) is 0 Å². The summed E-state index contributed by atoms with van der Waals surface area (Å²) in [7, 11) is 0. The Morgan fingerprint density at radius 2 is 1.62 bits per heavy atom. The van der Waals surface area contributed by atoms with E-state index in [9.17, 15) is 9.90 Å². The van der Waals surface area contributed by atoms with Gasteiger partial charge in [0.05, 0.1) is 11.0 Å². The van der Waals surface area contributed by atoms with E-state index in [1.165, 1.54) is 0 Å². The van der Waals surface area contributed by atoms with Crippen molar-refractivity contribution in [3.05, 3.63) is 96.6 Å². The smallest absolute Gasteiger partial charge is 0.550 e. The maximum atomic E-state index is 10.9. The molecule has 0 bridgehead atoms. The average molecular weight is 458 g/mol. The first-order valence-corrected chi connectivity index (χ1v) is 11.0. The van der Waals surface area contributed by atoms with Gasteiger partial charge in [-0.15, -0.1) is 0 Å². The predicted octanol–water partition coefficient (Wildman–Crippen LogP) is 1.97. The molecule has 0 amide bonds. The molecule has 5 nitrogen and oxygen atoms in total. The molecule has 164 valence electrons. The van der Waals surface area contributed by atoms with Gasteiger partial charge in [-0.2, -0.15) is 0 Å². The summed E-state index contributed by atoms with van der Waals surface area (Å²) >= 11 is 0. The van der Waals surface area contributed by atoms with Crippen molar-refractivity contribution in [2.24, 2.45) is 0 Å². The van der Waals surface area contributed by atoms with E-state index in [-0.39, 0.29) is 36.0 Å². The monoisotopic (exact) mass is 458 g/mol. The Morgan fingerprint density at radius 1 is 0.882 bits per heavy atom. The number of nitrogens with zero attached hydrogens (tertiary/aromatic N) is 2. The number of hydrogen-bond donors (Lipinski definition) is 0. The molecule has 6 heteroatoms. The molecule has 0 fully saturated rings. The molecular weight excluding hydrogens is 435 g/mol. The number of rotatable bonds is 8. The van der Waals surface area contributed by atoms with Crippen molar-refractivity contribution in [2.45, 2.75) is 26.0 Å². The average Bonchev–Trinajstić information content (AvgIpc) is 3.21. The Hall–Kier alpha value is -3.12. The van der Waals surface area contributed by atoms with Crippen LogP contribution in [-0.2, 0) is 17.9 Å². The molecule has 0 unspecified atom stereocenters. The van der Waals surface area contributed by atoms with E-state index >= 15 is 0 Å². The number of benzene rings is 4. The third kappa shape index (κ3) is 5.33. The van der Waals surface area contributed by atoms with Gasteiger partial charge < -0.3 is 19.2 Å². The second-order valence-electron chi connectivity index (χ2n) is 8.05. The van der Waals surface area contributed by atoms with Gasteiger partial charge in [-0.1, -0.05) is 60.7 Å². The van der Waals surface area contributed by atoms with Crippen LogP contribution in [0.4, 0.5) is 0 Å². The van der Waals surface area contributed by atoms with Crippen LogP contribution < -0.4 is 39.4 Å². The summed E-state index contributed by atoms with van der Waals surface area (Å²) in [5, 5.41) is 13.1. The molecule has 0 radical (unpaired) electrons. The largest absolute Gasteiger partial charge is 1.00 e.